The van der Waals surface area contributed by atoms with E-state index in [2.05, 4.69) is 10.2 Å². The third-order valence-corrected chi connectivity index (χ3v) is 5.65. The number of amides is 1. The minimum atomic E-state index is -1.04. The lowest BCUT2D eigenvalue weighted by molar-refractivity contribution is -0.114. The molecule has 1 aromatic heterocycles. The van der Waals surface area contributed by atoms with Gasteiger partial charge < -0.3 is 10.2 Å². The summed E-state index contributed by atoms with van der Waals surface area (Å²) >= 11 is 0. The number of nitrogens with zero attached hydrogens (tertiary/aromatic N) is 4. The molecule has 0 bridgehead atoms. The van der Waals surface area contributed by atoms with Crippen molar-refractivity contribution >= 4 is 35.3 Å². The first kappa shape index (κ1) is 23.4. The van der Waals surface area contributed by atoms with Gasteiger partial charge in [-0.2, -0.15) is 15.2 Å². The molecule has 2 N–H and O–H groups in total. The molecule has 0 fully saturated rings. The van der Waals surface area contributed by atoms with Crippen LogP contribution in [0, 0.1) is 13.8 Å². The largest absolute Gasteiger partial charge is 0.478 e. The highest BCUT2D eigenvalue weighted by Gasteiger charge is 2.28. The summed E-state index contributed by atoms with van der Waals surface area (Å²) in [5, 5.41) is 28.3. The van der Waals surface area contributed by atoms with Crippen molar-refractivity contribution in [3.05, 3.63) is 94.3 Å². The second kappa shape index (κ2) is 9.22. The zero-order chi connectivity index (χ0) is 25.3. The minimum Gasteiger partial charge on any atom is -0.478 e. The van der Waals surface area contributed by atoms with Gasteiger partial charge in [-0.25, -0.2) is 14.3 Å². The molecule has 0 aliphatic carbocycles. The number of carboxylic acid groups (broad SMARTS) is 2. The highest BCUT2D eigenvalue weighted by molar-refractivity contribution is 6.29. The maximum Gasteiger partial charge on any atom is 0.335 e. The van der Waals surface area contributed by atoms with E-state index in [1.807, 2.05) is 19.9 Å². The molecule has 35 heavy (non-hydrogen) atoms. The summed E-state index contributed by atoms with van der Waals surface area (Å²) in [6.45, 7) is 5.52. The van der Waals surface area contributed by atoms with E-state index in [1.54, 1.807) is 48.0 Å². The summed E-state index contributed by atoms with van der Waals surface area (Å²) in [4.78, 5) is 35.1. The summed E-state index contributed by atoms with van der Waals surface area (Å²) in [6, 6.07) is 12.4. The molecule has 2 aromatic carbocycles. The van der Waals surface area contributed by atoms with E-state index in [4.69, 9.17) is 10.2 Å². The molecule has 176 valence electrons. The van der Waals surface area contributed by atoms with Crippen molar-refractivity contribution in [1.82, 2.24) is 9.78 Å². The SMILES string of the molecule is CC1=NN(c2ccc(C(=O)O)cc2)C(=O)C1=CC=Cc1c(C)nn(-c2ccc(C(=O)O)cc2)c1C. The van der Waals surface area contributed by atoms with Gasteiger partial charge in [0.05, 0.1) is 39.5 Å². The van der Waals surface area contributed by atoms with Crippen LogP contribution in [0.15, 0.2) is 71.4 Å². The fourth-order valence-electron chi connectivity index (χ4n) is 3.76. The van der Waals surface area contributed by atoms with Crippen LogP contribution in [-0.2, 0) is 4.79 Å². The first-order chi connectivity index (χ1) is 16.7. The number of anilines is 1. The van der Waals surface area contributed by atoms with Crippen LogP contribution in [0.25, 0.3) is 11.8 Å². The Morgan fingerprint density at radius 3 is 1.94 bits per heavy atom. The molecule has 0 atom stereocenters. The van der Waals surface area contributed by atoms with Crippen LogP contribution in [0.5, 0.6) is 0 Å². The maximum absolute atomic E-state index is 12.9. The predicted octanol–water partition coefficient (Wildman–Crippen LogP) is 4.25. The Morgan fingerprint density at radius 2 is 1.40 bits per heavy atom. The lowest BCUT2D eigenvalue weighted by Gasteiger charge is -2.11. The molecule has 2 heterocycles. The molecule has 9 heteroatoms. The highest BCUT2D eigenvalue weighted by Crippen LogP contribution is 2.25. The van der Waals surface area contributed by atoms with Gasteiger partial charge in [-0.15, -0.1) is 0 Å². The molecular weight excluding hydrogens is 448 g/mol. The van der Waals surface area contributed by atoms with Crippen molar-refractivity contribution in [2.24, 2.45) is 5.10 Å². The summed E-state index contributed by atoms with van der Waals surface area (Å²) in [5.74, 6) is -2.34. The number of benzene rings is 2. The van der Waals surface area contributed by atoms with E-state index < -0.39 is 11.9 Å². The molecule has 4 rings (SSSR count). The Balaban J connectivity index is 1.55. The zero-order valence-electron chi connectivity index (χ0n) is 19.3. The van der Waals surface area contributed by atoms with E-state index in [1.165, 1.54) is 29.3 Å². The van der Waals surface area contributed by atoms with E-state index in [-0.39, 0.29) is 17.0 Å². The summed E-state index contributed by atoms with van der Waals surface area (Å²) in [7, 11) is 0. The fourth-order valence-corrected chi connectivity index (χ4v) is 3.76. The van der Waals surface area contributed by atoms with Crippen molar-refractivity contribution < 1.29 is 24.6 Å². The zero-order valence-corrected chi connectivity index (χ0v) is 19.3. The first-order valence-electron chi connectivity index (χ1n) is 10.7. The minimum absolute atomic E-state index is 0.129. The smallest absolute Gasteiger partial charge is 0.335 e. The van der Waals surface area contributed by atoms with Gasteiger partial charge in [0.2, 0.25) is 0 Å². The number of carboxylic acids is 2. The van der Waals surface area contributed by atoms with Gasteiger partial charge in [0, 0.05) is 11.3 Å². The van der Waals surface area contributed by atoms with Gasteiger partial charge in [-0.05, 0) is 75.4 Å². The van der Waals surface area contributed by atoms with Crippen LogP contribution in [0.1, 0.15) is 44.6 Å². The number of allylic oxidation sites excluding steroid dienone is 2. The molecule has 9 nitrogen and oxygen atoms in total. The van der Waals surface area contributed by atoms with E-state index in [0.29, 0.717) is 17.0 Å². The van der Waals surface area contributed by atoms with Crippen LogP contribution < -0.4 is 5.01 Å². The lowest BCUT2D eigenvalue weighted by atomic mass is 10.1. The Labute approximate surface area is 200 Å². The van der Waals surface area contributed by atoms with E-state index in [0.717, 1.165) is 22.6 Å². The summed E-state index contributed by atoms with van der Waals surface area (Å²) in [6.07, 6.45) is 5.31. The Morgan fingerprint density at radius 1 is 0.857 bits per heavy atom. The normalized spacial score (nSPS) is 14.7. The molecule has 1 aliphatic rings. The van der Waals surface area contributed by atoms with Gasteiger partial charge in [0.15, 0.2) is 0 Å². The van der Waals surface area contributed by atoms with E-state index >= 15 is 0 Å². The van der Waals surface area contributed by atoms with Crippen LogP contribution in [0.4, 0.5) is 5.69 Å². The number of hydrogen-bond acceptors (Lipinski definition) is 5. The Bertz CT molecular complexity index is 1430. The Kier molecular flexibility index (Phi) is 6.16. The standard InChI is InChI=1S/C26H22N4O5/c1-15-22(17(3)29(27-15)20-11-7-18(8-12-20)25(32)33)5-4-6-23-16(2)28-30(24(23)31)21-13-9-19(10-14-21)26(34)35/h4-14H,1-3H3,(H,32,33)(H,34,35). The third kappa shape index (κ3) is 4.51. The molecule has 0 spiro atoms. The van der Waals surface area contributed by atoms with Crippen molar-refractivity contribution in [3.8, 4) is 5.69 Å². The van der Waals surface area contributed by atoms with Gasteiger partial charge >= 0.3 is 11.9 Å². The number of hydrazone groups is 1. The van der Waals surface area contributed by atoms with Gasteiger partial charge in [0.25, 0.3) is 5.91 Å². The molecule has 0 saturated heterocycles. The lowest BCUT2D eigenvalue weighted by Crippen LogP contribution is -2.21. The number of rotatable bonds is 6. The molecule has 3 aromatic rings. The number of aryl methyl sites for hydroxylation is 1. The predicted molar refractivity (Wildman–Crippen MR) is 131 cm³/mol. The maximum atomic E-state index is 12.9. The summed E-state index contributed by atoms with van der Waals surface area (Å²) < 4.78 is 1.74. The topological polar surface area (TPSA) is 125 Å². The van der Waals surface area contributed by atoms with Crippen molar-refractivity contribution in [2.75, 3.05) is 5.01 Å². The third-order valence-electron chi connectivity index (χ3n) is 5.65. The quantitative estimate of drug-likeness (QED) is 0.519. The van der Waals surface area contributed by atoms with Crippen LogP contribution in [0.3, 0.4) is 0 Å². The van der Waals surface area contributed by atoms with Crippen LogP contribution in [-0.4, -0.2) is 43.6 Å². The molecule has 0 radical (unpaired) electrons. The van der Waals surface area contributed by atoms with Crippen molar-refractivity contribution in [1.29, 1.82) is 0 Å². The van der Waals surface area contributed by atoms with Gasteiger partial charge in [-0.3, -0.25) is 4.79 Å². The molecule has 0 unspecified atom stereocenters. The molecule has 1 aliphatic heterocycles. The summed E-state index contributed by atoms with van der Waals surface area (Å²) in [5.41, 5.74) is 5.05. The van der Waals surface area contributed by atoms with Crippen LogP contribution >= 0.6 is 0 Å². The number of aromatic carboxylic acids is 2. The average molecular weight is 470 g/mol. The number of carbonyl (C=O) groups excluding carboxylic acids is 1. The van der Waals surface area contributed by atoms with E-state index in [9.17, 15) is 14.4 Å². The second-order valence-electron chi connectivity index (χ2n) is 7.94. The number of carbonyl (C=O) groups is 3. The fraction of sp³-hybridized carbons (Fsp3) is 0.115. The Hall–Kier alpha value is -4.79. The number of aromatic nitrogens is 2. The first-order valence-corrected chi connectivity index (χ1v) is 10.7. The second-order valence-corrected chi connectivity index (χ2v) is 7.94. The number of hydrogen-bond donors (Lipinski definition) is 2. The van der Waals surface area contributed by atoms with Crippen molar-refractivity contribution in [3.63, 3.8) is 0 Å². The van der Waals surface area contributed by atoms with Crippen LogP contribution in [0.2, 0.25) is 0 Å². The highest BCUT2D eigenvalue weighted by atomic mass is 16.4. The molecule has 1 amide bonds. The molecule has 0 saturated carbocycles. The van der Waals surface area contributed by atoms with Gasteiger partial charge in [0.1, 0.15) is 0 Å². The van der Waals surface area contributed by atoms with Crippen molar-refractivity contribution in [2.45, 2.75) is 20.8 Å². The average Bonchev–Trinajstić information content (AvgIpc) is 3.28. The monoisotopic (exact) mass is 470 g/mol. The molecular formula is C26H22N4O5. The van der Waals surface area contributed by atoms with Gasteiger partial charge in [-0.1, -0.05) is 12.2 Å².